The molecule has 0 saturated carbocycles. The molecule has 6 rings (SSSR count). The van der Waals surface area contributed by atoms with Gasteiger partial charge in [0, 0.05) is 18.1 Å². The van der Waals surface area contributed by atoms with Crippen LogP contribution in [0.5, 0.6) is 5.88 Å². The lowest BCUT2D eigenvalue weighted by atomic mass is 9.91. The summed E-state index contributed by atoms with van der Waals surface area (Å²) < 4.78 is 57.4. The van der Waals surface area contributed by atoms with Crippen molar-refractivity contribution in [3.63, 3.8) is 0 Å². The quantitative estimate of drug-likeness (QED) is 0.446. The van der Waals surface area contributed by atoms with Crippen molar-refractivity contribution in [2.75, 3.05) is 38.7 Å². The smallest absolute Gasteiger partial charge is 0.280 e. The van der Waals surface area contributed by atoms with Crippen molar-refractivity contribution in [3.05, 3.63) is 48.5 Å². The lowest BCUT2D eigenvalue weighted by Crippen LogP contribution is -2.67. The number of pyridine rings is 1. The maximum atomic E-state index is 15.2. The molecule has 1 N–H and O–H groups in total. The van der Waals surface area contributed by atoms with Crippen LogP contribution in [0.3, 0.4) is 0 Å². The number of halogens is 3. The lowest BCUT2D eigenvalue weighted by molar-refractivity contribution is -0.174. The second-order valence-corrected chi connectivity index (χ2v) is 9.66. The van der Waals surface area contributed by atoms with Crippen LogP contribution in [0.4, 0.5) is 19.1 Å². The number of alkyl halides is 2. The first-order valence-electron chi connectivity index (χ1n) is 11.7. The summed E-state index contributed by atoms with van der Waals surface area (Å²) in [5.41, 5.74) is 1.60. The monoisotopic (exact) mass is 498 g/mol. The normalized spacial score (nSPS) is 21.4. The Morgan fingerprint density at radius 2 is 2.06 bits per heavy atom. The predicted octanol–water partition coefficient (Wildman–Crippen LogP) is 4.00. The second-order valence-electron chi connectivity index (χ2n) is 9.66. The summed E-state index contributed by atoms with van der Waals surface area (Å²) in [6.07, 6.45) is 3.09. The van der Waals surface area contributed by atoms with Gasteiger partial charge in [-0.1, -0.05) is 12.1 Å². The van der Waals surface area contributed by atoms with Crippen LogP contribution in [0.15, 0.2) is 42.7 Å². The Bertz CT molecular complexity index is 1450. The zero-order valence-electron chi connectivity index (χ0n) is 19.8. The highest BCUT2D eigenvalue weighted by Gasteiger charge is 2.51. The third-order valence-electron chi connectivity index (χ3n) is 7.13. The Morgan fingerprint density at radius 1 is 1.22 bits per heavy atom. The van der Waals surface area contributed by atoms with Crippen molar-refractivity contribution in [1.82, 2.24) is 24.5 Å². The molecule has 5 heterocycles. The molecule has 1 atom stereocenters. The Morgan fingerprint density at radius 3 is 2.78 bits per heavy atom. The van der Waals surface area contributed by atoms with Gasteiger partial charge in [-0.15, -0.1) is 5.10 Å². The number of nitrogens with one attached hydrogen (secondary N) is 1. The van der Waals surface area contributed by atoms with Gasteiger partial charge in [-0.05, 0) is 37.1 Å². The van der Waals surface area contributed by atoms with Gasteiger partial charge >= 0.3 is 0 Å². The van der Waals surface area contributed by atoms with Crippen LogP contribution in [0.2, 0.25) is 0 Å². The molecule has 11 heteroatoms. The van der Waals surface area contributed by atoms with E-state index in [4.69, 9.17) is 9.47 Å². The minimum Gasteiger partial charge on any atom is -0.479 e. The van der Waals surface area contributed by atoms with Crippen molar-refractivity contribution < 1.29 is 22.6 Å². The number of methoxy groups -OCH3 is 1. The number of rotatable bonds is 5. The fraction of sp³-hybridized carbons (Fsp3) is 0.400. The number of anilines is 1. The van der Waals surface area contributed by atoms with Gasteiger partial charge in [0.2, 0.25) is 11.8 Å². The third-order valence-corrected chi connectivity index (χ3v) is 7.13. The van der Waals surface area contributed by atoms with Gasteiger partial charge in [0.1, 0.15) is 5.52 Å². The molecule has 0 aliphatic carbocycles. The number of nitrogens with zero attached hydrogens (tertiary/aromatic N) is 5. The number of aromatic nitrogens is 4. The fourth-order valence-corrected chi connectivity index (χ4v) is 5.04. The van der Waals surface area contributed by atoms with E-state index >= 15 is 13.2 Å². The Kier molecular flexibility index (Phi) is 5.31. The molecule has 8 nitrogen and oxygen atoms in total. The summed E-state index contributed by atoms with van der Waals surface area (Å²) in [7, 11) is 1.40. The van der Waals surface area contributed by atoms with E-state index in [-0.39, 0.29) is 35.9 Å². The van der Waals surface area contributed by atoms with E-state index in [1.165, 1.54) is 17.8 Å². The summed E-state index contributed by atoms with van der Waals surface area (Å²) in [6, 6.07) is 7.93. The molecule has 1 unspecified atom stereocenters. The molecule has 0 spiro atoms. The van der Waals surface area contributed by atoms with Crippen LogP contribution in [0, 0.1) is 5.82 Å². The number of benzene rings is 1. The minimum atomic E-state index is -3.02. The Balaban J connectivity index is 1.33. The number of fused-ring (bicyclic) bond motifs is 2. The third kappa shape index (κ3) is 3.73. The molecule has 2 aliphatic rings. The molecule has 3 aromatic heterocycles. The van der Waals surface area contributed by atoms with Gasteiger partial charge < -0.3 is 14.8 Å². The summed E-state index contributed by atoms with van der Waals surface area (Å²) >= 11 is 0. The highest BCUT2D eigenvalue weighted by molar-refractivity contribution is 5.91. The number of hydrogen-bond donors (Lipinski definition) is 1. The van der Waals surface area contributed by atoms with Crippen molar-refractivity contribution in [2.45, 2.75) is 30.8 Å². The zero-order valence-corrected chi connectivity index (χ0v) is 19.8. The average molecular weight is 499 g/mol. The van der Waals surface area contributed by atoms with E-state index in [2.05, 4.69) is 20.4 Å². The Labute approximate surface area is 205 Å². The Hall–Kier alpha value is -3.44. The number of hydrogen-bond acceptors (Lipinski definition) is 7. The predicted molar refractivity (Wildman–Crippen MR) is 128 cm³/mol. The van der Waals surface area contributed by atoms with Crippen LogP contribution in [-0.2, 0) is 4.74 Å². The number of likely N-dealkylation sites (tertiary alicyclic amines) is 1. The summed E-state index contributed by atoms with van der Waals surface area (Å²) in [5.74, 6) is -3.52. The van der Waals surface area contributed by atoms with E-state index in [9.17, 15) is 0 Å². The van der Waals surface area contributed by atoms with Gasteiger partial charge in [0.15, 0.2) is 5.82 Å². The topological polar surface area (TPSA) is 76.8 Å². The van der Waals surface area contributed by atoms with Gasteiger partial charge in [0.25, 0.3) is 5.92 Å². The van der Waals surface area contributed by atoms with Crippen molar-refractivity contribution in [3.8, 4) is 17.0 Å². The number of piperidine rings is 1. The largest absolute Gasteiger partial charge is 0.479 e. The van der Waals surface area contributed by atoms with Crippen LogP contribution in [0.1, 0.15) is 13.3 Å². The van der Waals surface area contributed by atoms with E-state index in [1.807, 2.05) is 31.2 Å². The van der Waals surface area contributed by atoms with Crippen molar-refractivity contribution >= 4 is 22.4 Å². The minimum absolute atomic E-state index is 0.0556. The molecule has 0 bridgehead atoms. The molecule has 0 radical (unpaired) electrons. The van der Waals surface area contributed by atoms with Crippen LogP contribution >= 0.6 is 0 Å². The summed E-state index contributed by atoms with van der Waals surface area (Å²) in [5, 5.41) is 7.93. The molecule has 2 fully saturated rings. The van der Waals surface area contributed by atoms with E-state index in [0.29, 0.717) is 30.8 Å². The van der Waals surface area contributed by atoms with Crippen molar-refractivity contribution in [1.29, 1.82) is 0 Å². The number of ether oxygens (including phenoxy) is 2. The zero-order chi connectivity index (χ0) is 25.1. The lowest BCUT2D eigenvalue weighted by Gasteiger charge is -2.51. The molecule has 4 aromatic rings. The molecule has 188 valence electrons. The molecule has 2 saturated heterocycles. The first kappa shape index (κ1) is 23.0. The van der Waals surface area contributed by atoms with Gasteiger partial charge in [-0.25, -0.2) is 17.7 Å². The van der Waals surface area contributed by atoms with E-state index in [1.54, 1.807) is 17.2 Å². The average Bonchev–Trinajstić information content (AvgIpc) is 3.18. The molecular weight excluding hydrogens is 473 g/mol. The van der Waals surface area contributed by atoms with Crippen LogP contribution < -0.4 is 10.1 Å². The standard InChI is InChI=1S/C25H25F3N6O2/c1-24(13-36-14-24)33-9-7-19(25(27,28)12-33)30-23-31-22(35-2)21-20(17(26)11-34(21)32-23)16-5-6-18-15(10-16)4-3-8-29-18/h3-6,8,10-11,19H,7,9,12-14H2,1-2H3,(H,30,32). The molecule has 1 aromatic carbocycles. The molecule has 2 aliphatic heterocycles. The highest BCUT2D eigenvalue weighted by Crippen LogP contribution is 2.37. The van der Waals surface area contributed by atoms with Gasteiger partial charge in [-0.3, -0.25) is 9.88 Å². The maximum Gasteiger partial charge on any atom is 0.280 e. The van der Waals surface area contributed by atoms with Gasteiger partial charge in [-0.2, -0.15) is 4.98 Å². The first-order chi connectivity index (χ1) is 17.3. The molecule has 0 amide bonds. The fourth-order valence-electron chi connectivity index (χ4n) is 5.04. The van der Waals surface area contributed by atoms with Crippen LogP contribution in [-0.4, -0.2) is 75.4 Å². The second kappa shape index (κ2) is 8.31. The van der Waals surface area contributed by atoms with Gasteiger partial charge in [0.05, 0.1) is 55.7 Å². The highest BCUT2D eigenvalue weighted by atomic mass is 19.3. The maximum absolute atomic E-state index is 15.2. The SMILES string of the molecule is COc1nc(NC2CCN(C3(C)COC3)CC2(F)F)nn2cc(F)c(-c3ccc4ncccc4c3)c12. The summed E-state index contributed by atoms with van der Waals surface area (Å²) in [6.45, 7) is 2.95. The summed E-state index contributed by atoms with van der Waals surface area (Å²) in [4.78, 5) is 10.4. The van der Waals surface area contributed by atoms with Crippen molar-refractivity contribution in [2.24, 2.45) is 0 Å². The molecule has 36 heavy (non-hydrogen) atoms. The van der Waals surface area contributed by atoms with E-state index in [0.717, 1.165) is 10.9 Å². The van der Waals surface area contributed by atoms with Crippen LogP contribution in [0.25, 0.3) is 27.5 Å². The van der Waals surface area contributed by atoms with E-state index < -0.39 is 17.8 Å². The first-order valence-corrected chi connectivity index (χ1v) is 11.7. The molecular formula is C25H25F3N6O2.